The summed E-state index contributed by atoms with van der Waals surface area (Å²) in [7, 11) is 0. The summed E-state index contributed by atoms with van der Waals surface area (Å²) >= 11 is 0. The lowest BCUT2D eigenvalue weighted by atomic mass is 10.2. The molecule has 7 nitrogen and oxygen atoms in total. The number of nitrogens with zero attached hydrogens (tertiary/aromatic N) is 2. The molecule has 0 atom stereocenters. The van der Waals surface area contributed by atoms with Crippen LogP contribution in [0.15, 0.2) is 18.2 Å². The summed E-state index contributed by atoms with van der Waals surface area (Å²) < 4.78 is 0. The van der Waals surface area contributed by atoms with Gasteiger partial charge in [-0.15, -0.1) is 12.4 Å². The fraction of sp³-hybridized carbons (Fsp3) is 0.538. The van der Waals surface area contributed by atoms with Crippen molar-refractivity contribution in [3.63, 3.8) is 0 Å². The van der Waals surface area contributed by atoms with Gasteiger partial charge in [-0.05, 0) is 18.6 Å². The van der Waals surface area contributed by atoms with Gasteiger partial charge in [-0.3, -0.25) is 10.1 Å². The lowest BCUT2D eigenvalue weighted by molar-refractivity contribution is -0.383. The van der Waals surface area contributed by atoms with Gasteiger partial charge in [-0.2, -0.15) is 0 Å². The van der Waals surface area contributed by atoms with E-state index >= 15 is 0 Å². The zero-order chi connectivity index (χ0) is 15.0. The second kappa shape index (κ2) is 10.2. The van der Waals surface area contributed by atoms with Gasteiger partial charge in [0.05, 0.1) is 18.1 Å². The first kappa shape index (κ1) is 19.4. The maximum Gasteiger partial charge on any atom is 0.294 e. The minimum absolute atomic E-state index is 0. The maximum atomic E-state index is 11.1. The number of anilines is 2. The first-order valence-electron chi connectivity index (χ1n) is 6.63. The third-order valence-corrected chi connectivity index (χ3v) is 2.83. The zero-order valence-corrected chi connectivity index (χ0v) is 12.8. The Bertz CT molecular complexity index is 439. The smallest absolute Gasteiger partial charge is 0.294 e. The molecule has 21 heavy (non-hydrogen) atoms. The summed E-state index contributed by atoms with van der Waals surface area (Å²) in [4.78, 5) is 12.6. The lowest BCUT2D eigenvalue weighted by Gasteiger charge is -2.23. The Morgan fingerprint density at radius 1 is 1.29 bits per heavy atom. The summed E-state index contributed by atoms with van der Waals surface area (Å²) in [6.07, 6.45) is 0.887. The van der Waals surface area contributed by atoms with E-state index < -0.39 is 4.92 Å². The number of nitro benzene ring substituents is 1. The van der Waals surface area contributed by atoms with Gasteiger partial charge in [0.25, 0.3) is 5.69 Å². The highest BCUT2D eigenvalue weighted by Crippen LogP contribution is 2.29. The van der Waals surface area contributed by atoms with E-state index in [0.29, 0.717) is 17.9 Å². The fourth-order valence-corrected chi connectivity index (χ4v) is 1.97. The Balaban J connectivity index is 0.00000400. The van der Waals surface area contributed by atoms with Crippen LogP contribution in [0.25, 0.3) is 0 Å². The van der Waals surface area contributed by atoms with Crippen molar-refractivity contribution in [3.05, 3.63) is 28.3 Å². The molecule has 0 radical (unpaired) electrons. The number of aliphatic hydroxyl groups excluding tert-OH is 2. The largest absolute Gasteiger partial charge is 0.395 e. The van der Waals surface area contributed by atoms with Gasteiger partial charge < -0.3 is 20.4 Å². The number of halogens is 1. The molecule has 0 amide bonds. The van der Waals surface area contributed by atoms with Crippen LogP contribution in [0.3, 0.4) is 0 Å². The molecule has 120 valence electrons. The van der Waals surface area contributed by atoms with Crippen molar-refractivity contribution in [3.8, 4) is 0 Å². The van der Waals surface area contributed by atoms with Crippen LogP contribution in [-0.2, 0) is 0 Å². The molecule has 1 aromatic rings. The molecule has 0 unspecified atom stereocenters. The van der Waals surface area contributed by atoms with Gasteiger partial charge >= 0.3 is 0 Å². The average molecular weight is 320 g/mol. The number of aliphatic hydroxyl groups is 2. The van der Waals surface area contributed by atoms with Crippen LogP contribution in [0.2, 0.25) is 0 Å². The van der Waals surface area contributed by atoms with Crippen molar-refractivity contribution in [2.75, 3.05) is 43.1 Å². The zero-order valence-electron chi connectivity index (χ0n) is 12.0. The lowest BCUT2D eigenvalue weighted by Crippen LogP contribution is -2.27. The third-order valence-electron chi connectivity index (χ3n) is 2.83. The van der Waals surface area contributed by atoms with Gasteiger partial charge in [-0.1, -0.05) is 6.92 Å². The van der Waals surface area contributed by atoms with Crippen molar-refractivity contribution in [2.45, 2.75) is 13.3 Å². The highest BCUT2D eigenvalue weighted by atomic mass is 35.5. The van der Waals surface area contributed by atoms with Gasteiger partial charge in [0.2, 0.25) is 0 Å². The minimum Gasteiger partial charge on any atom is -0.395 e. The van der Waals surface area contributed by atoms with Gasteiger partial charge in [0.15, 0.2) is 0 Å². The average Bonchev–Trinajstić information content (AvgIpc) is 2.44. The number of rotatable bonds is 9. The van der Waals surface area contributed by atoms with Gasteiger partial charge in [-0.25, -0.2) is 0 Å². The molecule has 1 rings (SSSR count). The van der Waals surface area contributed by atoms with E-state index in [1.54, 1.807) is 12.1 Å². The number of hydrogen-bond acceptors (Lipinski definition) is 6. The van der Waals surface area contributed by atoms with Gasteiger partial charge in [0.1, 0.15) is 5.69 Å². The summed E-state index contributed by atoms with van der Waals surface area (Å²) in [6, 6.07) is 4.90. The second-order valence-corrected chi connectivity index (χ2v) is 4.32. The van der Waals surface area contributed by atoms with Crippen LogP contribution < -0.4 is 10.2 Å². The fourth-order valence-electron chi connectivity index (χ4n) is 1.97. The second-order valence-electron chi connectivity index (χ2n) is 4.32. The molecule has 0 aliphatic heterocycles. The molecule has 0 spiro atoms. The molecule has 0 aliphatic rings. The van der Waals surface area contributed by atoms with E-state index in [2.05, 4.69) is 5.32 Å². The van der Waals surface area contributed by atoms with E-state index in [9.17, 15) is 10.1 Å². The van der Waals surface area contributed by atoms with E-state index in [1.165, 1.54) is 6.07 Å². The van der Waals surface area contributed by atoms with Crippen molar-refractivity contribution in [1.29, 1.82) is 0 Å². The molecule has 0 fully saturated rings. The summed E-state index contributed by atoms with van der Waals surface area (Å²) in [6.45, 7) is 3.34. The van der Waals surface area contributed by atoms with Crippen LogP contribution in [0, 0.1) is 10.1 Å². The van der Waals surface area contributed by atoms with Crippen LogP contribution in [0.4, 0.5) is 17.1 Å². The molecular weight excluding hydrogens is 298 g/mol. The number of benzene rings is 1. The Hall–Kier alpha value is -1.57. The van der Waals surface area contributed by atoms with Gasteiger partial charge in [0, 0.05) is 31.4 Å². The first-order chi connectivity index (χ1) is 9.63. The monoisotopic (exact) mass is 319 g/mol. The molecule has 0 aliphatic carbocycles. The predicted octanol–water partition coefficient (Wildman–Crippen LogP) is 1.63. The van der Waals surface area contributed by atoms with Crippen molar-refractivity contribution >= 4 is 29.5 Å². The maximum absolute atomic E-state index is 11.1. The van der Waals surface area contributed by atoms with Crippen LogP contribution >= 0.6 is 12.4 Å². The number of nitrogens with one attached hydrogen (secondary N) is 1. The SMILES string of the molecule is CCCN(CCO)c1ccc(NCCO)c([N+](=O)[O-])c1.Cl. The Morgan fingerprint density at radius 3 is 2.52 bits per heavy atom. The van der Waals surface area contributed by atoms with Crippen molar-refractivity contribution in [1.82, 2.24) is 0 Å². The topological polar surface area (TPSA) is 98.9 Å². The van der Waals surface area contributed by atoms with Crippen molar-refractivity contribution < 1.29 is 15.1 Å². The molecule has 3 N–H and O–H groups in total. The van der Waals surface area contributed by atoms with Crippen molar-refractivity contribution in [2.24, 2.45) is 0 Å². The standard InChI is InChI=1S/C13H21N3O4.ClH/c1-2-6-15(7-9-18)11-3-4-12(14-5-8-17)13(10-11)16(19)20;/h3-4,10,14,17-18H,2,5-9H2,1H3;1H. The highest BCUT2D eigenvalue weighted by Gasteiger charge is 2.16. The minimum atomic E-state index is -0.452. The van der Waals surface area contributed by atoms with E-state index in [-0.39, 0.29) is 37.9 Å². The highest BCUT2D eigenvalue weighted by molar-refractivity contribution is 5.85. The Morgan fingerprint density at radius 2 is 2.00 bits per heavy atom. The summed E-state index contributed by atoms with van der Waals surface area (Å²) in [5.74, 6) is 0. The third kappa shape index (κ3) is 5.74. The molecular formula is C13H22ClN3O4. The summed E-state index contributed by atoms with van der Waals surface area (Å²) in [5.41, 5.74) is 1.06. The normalized spacial score (nSPS) is 9.86. The molecule has 0 bridgehead atoms. The molecule has 0 saturated heterocycles. The number of hydrogen-bond donors (Lipinski definition) is 3. The van der Waals surface area contributed by atoms with E-state index in [4.69, 9.17) is 10.2 Å². The summed E-state index contributed by atoms with van der Waals surface area (Å²) in [5, 5.41) is 31.8. The molecule has 0 heterocycles. The van der Waals surface area contributed by atoms with Crippen LogP contribution in [-0.4, -0.2) is 48.0 Å². The number of nitro groups is 1. The van der Waals surface area contributed by atoms with E-state index in [0.717, 1.165) is 13.0 Å². The first-order valence-corrected chi connectivity index (χ1v) is 6.63. The quantitative estimate of drug-likeness (QED) is 0.472. The van der Waals surface area contributed by atoms with E-state index in [1.807, 2.05) is 11.8 Å². The Kier molecular flexibility index (Phi) is 9.44. The molecule has 0 aromatic heterocycles. The van der Waals surface area contributed by atoms with Crippen LogP contribution in [0.1, 0.15) is 13.3 Å². The predicted molar refractivity (Wildman–Crippen MR) is 85.5 cm³/mol. The van der Waals surface area contributed by atoms with Crippen LogP contribution in [0.5, 0.6) is 0 Å². The molecule has 8 heteroatoms. The molecule has 0 saturated carbocycles. The Labute approximate surface area is 130 Å². The molecule has 1 aromatic carbocycles.